The van der Waals surface area contributed by atoms with Crippen LogP contribution in [0.3, 0.4) is 0 Å². The second kappa shape index (κ2) is 6.43. The third kappa shape index (κ3) is 3.13. The molecule has 3 aromatic rings. The number of carbonyl (C=O) groups is 1. The van der Waals surface area contributed by atoms with Crippen molar-refractivity contribution >= 4 is 16.8 Å². The molecule has 0 saturated carbocycles. The molecule has 1 amide bonds. The van der Waals surface area contributed by atoms with Crippen LogP contribution in [0.1, 0.15) is 16.9 Å². The highest BCUT2D eigenvalue weighted by Crippen LogP contribution is 2.23. The zero-order chi connectivity index (χ0) is 17.2. The van der Waals surface area contributed by atoms with Gasteiger partial charge in [0.25, 0.3) is 5.91 Å². The number of hydrogen-bond donors (Lipinski definition) is 1. The van der Waals surface area contributed by atoms with E-state index in [-0.39, 0.29) is 12.0 Å². The Morgan fingerprint density at radius 1 is 1.32 bits per heavy atom. The quantitative estimate of drug-likeness (QED) is 0.789. The monoisotopic (exact) mass is 338 g/mol. The first-order valence-electron chi connectivity index (χ1n) is 8.13. The van der Waals surface area contributed by atoms with Crippen molar-refractivity contribution in [2.75, 3.05) is 20.2 Å². The highest BCUT2D eigenvalue weighted by Gasteiger charge is 2.29. The van der Waals surface area contributed by atoms with E-state index in [1.165, 1.54) is 0 Å². The number of nitrogens with one attached hydrogen (secondary N) is 1. The maximum atomic E-state index is 12.7. The van der Waals surface area contributed by atoms with E-state index in [4.69, 9.17) is 9.47 Å². The van der Waals surface area contributed by atoms with Crippen LogP contribution in [0.4, 0.5) is 0 Å². The van der Waals surface area contributed by atoms with Crippen molar-refractivity contribution < 1.29 is 14.3 Å². The molecule has 0 unspecified atom stereocenters. The van der Waals surface area contributed by atoms with Gasteiger partial charge in [-0.25, -0.2) is 0 Å². The molecule has 7 nitrogen and oxygen atoms in total. The number of benzene rings is 1. The topological polar surface area (TPSA) is 80.3 Å². The highest BCUT2D eigenvalue weighted by atomic mass is 16.5. The largest absolute Gasteiger partial charge is 0.497 e. The van der Waals surface area contributed by atoms with Gasteiger partial charge in [-0.05, 0) is 24.3 Å². The first-order chi connectivity index (χ1) is 12.2. The molecule has 4 rings (SSSR count). The Balaban J connectivity index is 1.46. The number of H-pyrrole nitrogens is 1. The molecule has 7 heteroatoms. The number of aromatic nitrogens is 3. The highest BCUT2D eigenvalue weighted by molar-refractivity contribution is 5.98. The Hall–Kier alpha value is -3.09. The van der Waals surface area contributed by atoms with Gasteiger partial charge in [0, 0.05) is 42.2 Å². The maximum Gasteiger partial charge on any atom is 0.270 e. The molecule has 1 aromatic carbocycles. The summed E-state index contributed by atoms with van der Waals surface area (Å²) in [5.41, 5.74) is 1.46. The van der Waals surface area contributed by atoms with Crippen LogP contribution in [-0.4, -0.2) is 52.3 Å². The predicted molar refractivity (Wildman–Crippen MR) is 91.8 cm³/mol. The van der Waals surface area contributed by atoms with E-state index in [1.807, 2.05) is 24.3 Å². The summed E-state index contributed by atoms with van der Waals surface area (Å²) in [7, 11) is 1.62. The molecule has 1 N–H and O–H groups in total. The van der Waals surface area contributed by atoms with Gasteiger partial charge < -0.3 is 19.4 Å². The van der Waals surface area contributed by atoms with E-state index in [0.717, 1.165) is 23.1 Å². The summed E-state index contributed by atoms with van der Waals surface area (Å²) in [5.74, 6) is 1.21. The van der Waals surface area contributed by atoms with Crippen LogP contribution >= 0.6 is 0 Å². The van der Waals surface area contributed by atoms with Crippen molar-refractivity contribution in [1.29, 1.82) is 0 Å². The van der Waals surface area contributed by atoms with Crippen LogP contribution in [0.5, 0.6) is 11.6 Å². The molecule has 1 fully saturated rings. The number of aromatic amines is 1. The summed E-state index contributed by atoms with van der Waals surface area (Å²) in [6, 6.07) is 11.1. The Bertz CT molecular complexity index is 894. The van der Waals surface area contributed by atoms with Crippen LogP contribution in [-0.2, 0) is 0 Å². The standard InChI is InChI=1S/C18H18N4O3/c1-24-13-5-4-12-9-16(20-15(12)10-13)18(23)22-8-6-14(11-22)25-17-3-2-7-19-21-17/h2-5,7,9-10,14,20H,6,8,11H2,1H3/t14-/m1/s1. The molecule has 3 heterocycles. The van der Waals surface area contributed by atoms with Crippen molar-refractivity contribution in [2.24, 2.45) is 0 Å². The molecule has 1 aliphatic heterocycles. The molecule has 1 aliphatic rings. The Morgan fingerprint density at radius 3 is 3.04 bits per heavy atom. The lowest BCUT2D eigenvalue weighted by molar-refractivity contribution is 0.0766. The van der Waals surface area contributed by atoms with Gasteiger partial charge in [0.05, 0.1) is 13.7 Å². The Labute approximate surface area is 144 Å². The minimum Gasteiger partial charge on any atom is -0.497 e. The third-order valence-corrected chi connectivity index (χ3v) is 4.33. The lowest BCUT2D eigenvalue weighted by Gasteiger charge is -2.16. The van der Waals surface area contributed by atoms with E-state index < -0.39 is 0 Å². The van der Waals surface area contributed by atoms with Crippen molar-refractivity contribution in [3.8, 4) is 11.6 Å². The summed E-state index contributed by atoms with van der Waals surface area (Å²) < 4.78 is 11.0. The van der Waals surface area contributed by atoms with Gasteiger partial charge >= 0.3 is 0 Å². The number of rotatable bonds is 4. The van der Waals surface area contributed by atoms with Gasteiger partial charge in [-0.1, -0.05) is 0 Å². The van der Waals surface area contributed by atoms with Gasteiger partial charge in [-0.15, -0.1) is 5.10 Å². The zero-order valence-corrected chi connectivity index (χ0v) is 13.8. The van der Waals surface area contributed by atoms with Crippen molar-refractivity contribution in [3.05, 3.63) is 48.3 Å². The average Bonchev–Trinajstić information content (AvgIpc) is 3.28. The third-order valence-electron chi connectivity index (χ3n) is 4.33. The van der Waals surface area contributed by atoms with Crippen LogP contribution < -0.4 is 9.47 Å². The fourth-order valence-corrected chi connectivity index (χ4v) is 3.05. The SMILES string of the molecule is COc1ccc2cc(C(=O)N3CC[C@@H](Oc4cccnn4)C3)[nH]c2c1. The number of fused-ring (bicyclic) bond motifs is 1. The Morgan fingerprint density at radius 2 is 2.24 bits per heavy atom. The number of methoxy groups -OCH3 is 1. The first-order valence-corrected chi connectivity index (χ1v) is 8.13. The number of hydrogen-bond acceptors (Lipinski definition) is 5. The van der Waals surface area contributed by atoms with E-state index >= 15 is 0 Å². The molecular weight excluding hydrogens is 320 g/mol. The fraction of sp³-hybridized carbons (Fsp3) is 0.278. The summed E-state index contributed by atoms with van der Waals surface area (Å²) >= 11 is 0. The van der Waals surface area contributed by atoms with Gasteiger partial charge in [0.1, 0.15) is 17.5 Å². The smallest absolute Gasteiger partial charge is 0.270 e. The zero-order valence-electron chi connectivity index (χ0n) is 13.8. The number of likely N-dealkylation sites (tertiary alicyclic amines) is 1. The van der Waals surface area contributed by atoms with Crippen LogP contribution in [0, 0.1) is 0 Å². The molecule has 0 spiro atoms. The van der Waals surface area contributed by atoms with Gasteiger partial charge in [0.2, 0.25) is 5.88 Å². The van der Waals surface area contributed by atoms with Crippen LogP contribution in [0.25, 0.3) is 10.9 Å². The van der Waals surface area contributed by atoms with E-state index in [2.05, 4.69) is 15.2 Å². The number of amides is 1. The minimum atomic E-state index is -0.0647. The van der Waals surface area contributed by atoms with Crippen molar-refractivity contribution in [2.45, 2.75) is 12.5 Å². The van der Waals surface area contributed by atoms with Gasteiger partial charge in [-0.2, -0.15) is 5.10 Å². The molecule has 128 valence electrons. The molecular formula is C18H18N4O3. The molecule has 1 saturated heterocycles. The molecule has 0 bridgehead atoms. The van der Waals surface area contributed by atoms with Crippen LogP contribution in [0.2, 0.25) is 0 Å². The number of nitrogens with zero attached hydrogens (tertiary/aromatic N) is 3. The second-order valence-corrected chi connectivity index (χ2v) is 5.98. The van der Waals surface area contributed by atoms with E-state index in [9.17, 15) is 4.79 Å². The number of carbonyl (C=O) groups excluding carboxylic acids is 1. The maximum absolute atomic E-state index is 12.7. The average molecular weight is 338 g/mol. The molecule has 25 heavy (non-hydrogen) atoms. The summed E-state index contributed by atoms with van der Waals surface area (Å²) in [6.45, 7) is 1.19. The summed E-state index contributed by atoms with van der Waals surface area (Å²) in [4.78, 5) is 17.7. The number of ether oxygens (including phenoxy) is 2. The summed E-state index contributed by atoms with van der Waals surface area (Å²) in [5, 5.41) is 8.70. The molecule has 0 radical (unpaired) electrons. The van der Waals surface area contributed by atoms with E-state index in [0.29, 0.717) is 24.7 Å². The van der Waals surface area contributed by atoms with Crippen molar-refractivity contribution in [1.82, 2.24) is 20.1 Å². The van der Waals surface area contributed by atoms with Gasteiger partial charge in [0.15, 0.2) is 0 Å². The first kappa shape index (κ1) is 15.4. The lowest BCUT2D eigenvalue weighted by Crippen LogP contribution is -2.31. The van der Waals surface area contributed by atoms with Crippen molar-refractivity contribution in [3.63, 3.8) is 0 Å². The minimum absolute atomic E-state index is 0.0274. The second-order valence-electron chi connectivity index (χ2n) is 5.98. The fourth-order valence-electron chi connectivity index (χ4n) is 3.05. The van der Waals surface area contributed by atoms with Gasteiger partial charge in [-0.3, -0.25) is 4.79 Å². The molecule has 1 atom stereocenters. The Kier molecular flexibility index (Phi) is 3.97. The van der Waals surface area contributed by atoms with E-state index in [1.54, 1.807) is 30.3 Å². The molecule has 2 aromatic heterocycles. The summed E-state index contributed by atoms with van der Waals surface area (Å²) in [6.07, 6.45) is 2.31. The molecule has 0 aliphatic carbocycles. The normalized spacial score (nSPS) is 17.0. The van der Waals surface area contributed by atoms with Crippen LogP contribution in [0.15, 0.2) is 42.6 Å². The lowest BCUT2D eigenvalue weighted by atomic mass is 10.2. The predicted octanol–water partition coefficient (Wildman–Crippen LogP) is 2.26.